The zero-order valence-corrected chi connectivity index (χ0v) is 12.3. The molecule has 5 nitrogen and oxygen atoms in total. The van der Waals surface area contributed by atoms with E-state index in [1.54, 1.807) is 0 Å². The zero-order chi connectivity index (χ0) is 14.3. The summed E-state index contributed by atoms with van der Waals surface area (Å²) in [6, 6.07) is 0.288. The molecule has 0 aromatic heterocycles. The number of likely N-dealkylation sites (tertiary alicyclic amines) is 1. The summed E-state index contributed by atoms with van der Waals surface area (Å²) in [5.41, 5.74) is 5.50. The summed E-state index contributed by atoms with van der Waals surface area (Å²) in [6.07, 6.45) is 3.73. The van der Waals surface area contributed by atoms with Gasteiger partial charge in [0.2, 0.25) is 5.91 Å². The Labute approximate surface area is 116 Å². The van der Waals surface area contributed by atoms with Crippen molar-refractivity contribution in [1.29, 1.82) is 0 Å². The van der Waals surface area contributed by atoms with Crippen molar-refractivity contribution in [2.75, 3.05) is 39.8 Å². The first-order valence-electron chi connectivity index (χ1n) is 7.40. The molecule has 0 saturated carbocycles. The van der Waals surface area contributed by atoms with Crippen LogP contribution in [0.4, 0.5) is 0 Å². The molecule has 3 N–H and O–H groups in total. The fourth-order valence-electron chi connectivity index (χ4n) is 2.72. The van der Waals surface area contributed by atoms with E-state index in [1.807, 2.05) is 11.8 Å². The Morgan fingerprint density at radius 2 is 2.11 bits per heavy atom. The monoisotopic (exact) mass is 271 g/mol. The molecule has 1 unspecified atom stereocenters. The van der Waals surface area contributed by atoms with Gasteiger partial charge in [-0.3, -0.25) is 4.79 Å². The van der Waals surface area contributed by atoms with E-state index in [-0.39, 0.29) is 24.5 Å². The van der Waals surface area contributed by atoms with Gasteiger partial charge in [0.1, 0.15) is 0 Å². The minimum absolute atomic E-state index is 0.00903. The summed E-state index contributed by atoms with van der Waals surface area (Å²) in [5.74, 6) is 0.187. The third kappa shape index (κ3) is 5.09. The highest BCUT2D eigenvalue weighted by atomic mass is 16.3. The number of rotatable bonds is 7. The highest BCUT2D eigenvalue weighted by Crippen LogP contribution is 2.19. The van der Waals surface area contributed by atoms with E-state index in [9.17, 15) is 9.90 Å². The van der Waals surface area contributed by atoms with Crippen LogP contribution in [0.15, 0.2) is 0 Å². The van der Waals surface area contributed by atoms with Gasteiger partial charge in [-0.1, -0.05) is 6.92 Å². The van der Waals surface area contributed by atoms with Crippen LogP contribution in [0.25, 0.3) is 0 Å². The van der Waals surface area contributed by atoms with Gasteiger partial charge in [-0.25, -0.2) is 0 Å². The molecule has 1 saturated heterocycles. The molecule has 1 atom stereocenters. The molecule has 1 amide bonds. The Kier molecular flexibility index (Phi) is 7.34. The lowest BCUT2D eigenvalue weighted by Crippen LogP contribution is -2.49. The highest BCUT2D eigenvalue weighted by molar-refractivity contribution is 5.78. The van der Waals surface area contributed by atoms with Gasteiger partial charge >= 0.3 is 0 Å². The van der Waals surface area contributed by atoms with Gasteiger partial charge in [-0.2, -0.15) is 0 Å². The van der Waals surface area contributed by atoms with Gasteiger partial charge in [0, 0.05) is 18.5 Å². The molecule has 1 heterocycles. The van der Waals surface area contributed by atoms with E-state index in [2.05, 4.69) is 11.9 Å². The van der Waals surface area contributed by atoms with Crippen molar-refractivity contribution in [1.82, 2.24) is 9.80 Å². The number of amides is 1. The Morgan fingerprint density at radius 3 is 2.63 bits per heavy atom. The fraction of sp³-hybridized carbons (Fsp3) is 0.929. The maximum Gasteiger partial charge on any atom is 0.225 e. The van der Waals surface area contributed by atoms with Gasteiger partial charge in [-0.05, 0) is 52.4 Å². The standard InChI is InChI=1S/C14H29N3O2/c1-12(4-3-7-15)14(19)17(10-11-18)13-5-8-16(2)9-6-13/h12-13,18H,3-11,15H2,1-2H3. The first-order chi connectivity index (χ1) is 9.10. The van der Waals surface area contributed by atoms with Crippen molar-refractivity contribution in [2.24, 2.45) is 11.7 Å². The maximum absolute atomic E-state index is 12.5. The van der Waals surface area contributed by atoms with Crippen molar-refractivity contribution in [3.8, 4) is 0 Å². The molecule has 0 radical (unpaired) electrons. The quantitative estimate of drug-likeness (QED) is 0.697. The average molecular weight is 271 g/mol. The normalized spacial score (nSPS) is 19.4. The summed E-state index contributed by atoms with van der Waals surface area (Å²) in [7, 11) is 2.11. The Morgan fingerprint density at radius 1 is 1.47 bits per heavy atom. The number of carbonyl (C=O) groups is 1. The molecule has 1 aliphatic heterocycles. The lowest BCUT2D eigenvalue weighted by molar-refractivity contribution is -0.139. The molecular formula is C14H29N3O2. The number of nitrogens with two attached hydrogens (primary N) is 1. The summed E-state index contributed by atoms with van der Waals surface area (Å²) in [4.78, 5) is 16.7. The topological polar surface area (TPSA) is 69.8 Å². The zero-order valence-electron chi connectivity index (χ0n) is 12.3. The summed E-state index contributed by atoms with van der Waals surface area (Å²) in [5, 5.41) is 9.20. The number of piperidine rings is 1. The van der Waals surface area contributed by atoms with Crippen molar-refractivity contribution < 1.29 is 9.90 Å². The summed E-state index contributed by atoms with van der Waals surface area (Å²) >= 11 is 0. The number of hydrogen-bond donors (Lipinski definition) is 2. The van der Waals surface area contributed by atoms with Gasteiger partial charge in [0.05, 0.1) is 6.61 Å². The van der Waals surface area contributed by atoms with Crippen molar-refractivity contribution in [3.05, 3.63) is 0 Å². The van der Waals surface area contributed by atoms with Crippen LogP contribution < -0.4 is 5.73 Å². The van der Waals surface area contributed by atoms with Gasteiger partial charge in [-0.15, -0.1) is 0 Å². The molecule has 1 rings (SSSR count). The lowest BCUT2D eigenvalue weighted by atomic mass is 9.99. The van der Waals surface area contributed by atoms with Crippen molar-refractivity contribution >= 4 is 5.91 Å². The average Bonchev–Trinajstić information content (AvgIpc) is 2.42. The Bertz CT molecular complexity index is 265. The molecule has 0 aromatic carbocycles. The molecule has 1 fully saturated rings. The molecular weight excluding hydrogens is 242 g/mol. The minimum Gasteiger partial charge on any atom is -0.395 e. The van der Waals surface area contributed by atoms with Crippen LogP contribution in [0.5, 0.6) is 0 Å². The van der Waals surface area contributed by atoms with E-state index in [0.717, 1.165) is 38.8 Å². The first kappa shape index (κ1) is 16.4. The van der Waals surface area contributed by atoms with Crippen LogP contribution in [0.3, 0.4) is 0 Å². The fourth-order valence-corrected chi connectivity index (χ4v) is 2.72. The lowest BCUT2D eigenvalue weighted by Gasteiger charge is -2.38. The Hall–Kier alpha value is -0.650. The number of aliphatic hydroxyl groups excluding tert-OH is 1. The molecule has 0 spiro atoms. The van der Waals surface area contributed by atoms with Crippen molar-refractivity contribution in [2.45, 2.75) is 38.6 Å². The first-order valence-corrected chi connectivity index (χ1v) is 7.40. The second-order valence-corrected chi connectivity index (χ2v) is 5.62. The number of nitrogens with zero attached hydrogens (tertiary/aromatic N) is 2. The third-order valence-corrected chi connectivity index (χ3v) is 4.02. The number of hydrogen-bond acceptors (Lipinski definition) is 4. The molecule has 112 valence electrons. The van der Waals surface area contributed by atoms with E-state index >= 15 is 0 Å². The van der Waals surface area contributed by atoms with Crippen LogP contribution in [0.2, 0.25) is 0 Å². The van der Waals surface area contributed by atoms with E-state index in [0.29, 0.717) is 13.1 Å². The van der Waals surface area contributed by atoms with Crippen molar-refractivity contribution in [3.63, 3.8) is 0 Å². The van der Waals surface area contributed by atoms with Crippen LogP contribution in [0.1, 0.15) is 32.6 Å². The van der Waals surface area contributed by atoms with Gasteiger partial charge in [0.15, 0.2) is 0 Å². The second kappa shape index (κ2) is 8.51. The largest absolute Gasteiger partial charge is 0.395 e. The highest BCUT2D eigenvalue weighted by Gasteiger charge is 2.28. The van der Waals surface area contributed by atoms with Crippen LogP contribution in [0, 0.1) is 5.92 Å². The van der Waals surface area contributed by atoms with Gasteiger partial charge in [0.25, 0.3) is 0 Å². The maximum atomic E-state index is 12.5. The van der Waals surface area contributed by atoms with Gasteiger partial charge < -0.3 is 20.6 Å². The van der Waals surface area contributed by atoms with E-state index < -0.39 is 0 Å². The van der Waals surface area contributed by atoms with E-state index in [1.165, 1.54) is 0 Å². The predicted molar refractivity (Wildman–Crippen MR) is 76.8 cm³/mol. The number of aliphatic hydroxyl groups is 1. The molecule has 1 aliphatic rings. The smallest absolute Gasteiger partial charge is 0.225 e. The van der Waals surface area contributed by atoms with Crippen LogP contribution >= 0.6 is 0 Å². The molecule has 0 aromatic rings. The van der Waals surface area contributed by atoms with Crippen LogP contribution in [-0.2, 0) is 4.79 Å². The summed E-state index contributed by atoms with van der Waals surface area (Å²) in [6.45, 7) is 5.15. The second-order valence-electron chi connectivity index (χ2n) is 5.62. The molecule has 19 heavy (non-hydrogen) atoms. The summed E-state index contributed by atoms with van der Waals surface area (Å²) < 4.78 is 0. The minimum atomic E-state index is 0.00903. The molecule has 0 bridgehead atoms. The van der Waals surface area contributed by atoms with E-state index in [4.69, 9.17) is 5.73 Å². The molecule has 0 aliphatic carbocycles. The third-order valence-electron chi connectivity index (χ3n) is 4.02. The number of carbonyl (C=O) groups excluding carboxylic acids is 1. The molecule has 5 heteroatoms. The van der Waals surface area contributed by atoms with Crippen LogP contribution in [-0.4, -0.2) is 66.7 Å². The predicted octanol–water partition coefficient (Wildman–Crippen LogP) is 0.277. The SMILES string of the molecule is CC(CCCN)C(=O)N(CCO)C1CCN(C)CC1. The Balaban J connectivity index is 2.57.